The number of hydrogen-bond acceptors (Lipinski definition) is 2. The van der Waals surface area contributed by atoms with Crippen molar-refractivity contribution < 1.29 is 9.59 Å². The highest BCUT2D eigenvalue weighted by Gasteiger charge is 2.38. The van der Waals surface area contributed by atoms with Crippen molar-refractivity contribution in [3.8, 4) is 0 Å². The molecule has 0 fully saturated rings. The number of hydrogen-bond donors (Lipinski definition) is 1. The van der Waals surface area contributed by atoms with Gasteiger partial charge in [0.05, 0.1) is 0 Å². The molecule has 126 valence electrons. The maximum absolute atomic E-state index is 12.8. The molecule has 0 aromatic heterocycles. The molecule has 0 spiro atoms. The van der Waals surface area contributed by atoms with Crippen molar-refractivity contribution in [3.63, 3.8) is 0 Å². The van der Waals surface area contributed by atoms with Gasteiger partial charge in [0.2, 0.25) is 11.8 Å². The molecule has 0 aliphatic carbocycles. The number of amides is 2. The molecule has 4 heteroatoms. The molecule has 0 bridgehead atoms. The van der Waals surface area contributed by atoms with E-state index in [0.717, 1.165) is 16.8 Å². The summed E-state index contributed by atoms with van der Waals surface area (Å²) in [4.78, 5) is 27.0. The minimum absolute atomic E-state index is 0.211. The summed E-state index contributed by atoms with van der Waals surface area (Å²) in [5.41, 5.74) is 1.58. The molecule has 0 aliphatic heterocycles. The van der Waals surface area contributed by atoms with Gasteiger partial charge in [0, 0.05) is 19.3 Å². The van der Waals surface area contributed by atoms with Crippen LogP contribution < -0.4 is 5.32 Å². The molecule has 0 atom stereocenters. The van der Waals surface area contributed by atoms with Crippen molar-refractivity contribution >= 4 is 17.5 Å². The first kappa shape index (κ1) is 17.7. The number of anilines is 1. The Morgan fingerprint density at radius 3 is 2.21 bits per heavy atom. The van der Waals surface area contributed by atoms with Gasteiger partial charge in [-0.2, -0.15) is 0 Å². The summed E-state index contributed by atoms with van der Waals surface area (Å²) >= 11 is 0. The summed E-state index contributed by atoms with van der Waals surface area (Å²) in [6.45, 7) is 5.71. The van der Waals surface area contributed by atoms with Gasteiger partial charge in [0.1, 0.15) is 5.41 Å². The zero-order chi connectivity index (χ0) is 17.7. The number of carbonyl (C=O) groups is 2. The number of nitrogens with one attached hydrogen (secondary N) is 1. The van der Waals surface area contributed by atoms with Gasteiger partial charge in [0.15, 0.2) is 0 Å². The molecule has 0 heterocycles. The first-order valence-corrected chi connectivity index (χ1v) is 7.99. The third-order valence-electron chi connectivity index (χ3n) is 4.10. The van der Waals surface area contributed by atoms with Crippen LogP contribution in [0.3, 0.4) is 0 Å². The Labute approximate surface area is 143 Å². The Balaban J connectivity index is 2.08. The van der Waals surface area contributed by atoms with E-state index in [2.05, 4.69) is 5.32 Å². The summed E-state index contributed by atoms with van der Waals surface area (Å²) < 4.78 is 0. The van der Waals surface area contributed by atoms with Gasteiger partial charge < -0.3 is 10.2 Å². The SMILES string of the molecule is Cc1ccccc1NC(=O)C(C)(C)C(=O)N(C)Cc1ccccc1. The average Bonchev–Trinajstić information content (AvgIpc) is 2.57. The Hall–Kier alpha value is -2.62. The average molecular weight is 324 g/mol. The zero-order valence-electron chi connectivity index (χ0n) is 14.7. The number of aryl methyl sites for hydroxylation is 1. The molecule has 1 N–H and O–H groups in total. The first-order chi connectivity index (χ1) is 11.3. The highest BCUT2D eigenvalue weighted by Crippen LogP contribution is 2.23. The van der Waals surface area contributed by atoms with Crippen LogP contribution in [-0.2, 0) is 16.1 Å². The zero-order valence-corrected chi connectivity index (χ0v) is 14.7. The predicted molar refractivity (Wildman–Crippen MR) is 96.5 cm³/mol. The highest BCUT2D eigenvalue weighted by atomic mass is 16.2. The number of carbonyl (C=O) groups excluding carboxylic acids is 2. The van der Waals surface area contributed by atoms with Crippen molar-refractivity contribution in [2.75, 3.05) is 12.4 Å². The van der Waals surface area contributed by atoms with Crippen LogP contribution in [0.25, 0.3) is 0 Å². The van der Waals surface area contributed by atoms with Gasteiger partial charge in [-0.1, -0.05) is 48.5 Å². The van der Waals surface area contributed by atoms with E-state index < -0.39 is 5.41 Å². The molecule has 0 saturated heterocycles. The molecule has 2 aromatic rings. The summed E-state index contributed by atoms with van der Waals surface area (Å²) in [7, 11) is 1.72. The lowest BCUT2D eigenvalue weighted by atomic mass is 9.90. The van der Waals surface area contributed by atoms with E-state index >= 15 is 0 Å². The van der Waals surface area contributed by atoms with Crippen LogP contribution in [0.4, 0.5) is 5.69 Å². The number of para-hydroxylation sites is 1. The molecule has 2 amide bonds. The molecule has 24 heavy (non-hydrogen) atoms. The van der Waals surface area contributed by atoms with E-state index in [0.29, 0.717) is 6.54 Å². The number of nitrogens with zero attached hydrogens (tertiary/aromatic N) is 1. The molecule has 4 nitrogen and oxygen atoms in total. The molecule has 2 aromatic carbocycles. The minimum Gasteiger partial charge on any atom is -0.341 e. The Morgan fingerprint density at radius 2 is 1.58 bits per heavy atom. The third-order valence-corrected chi connectivity index (χ3v) is 4.10. The summed E-state index contributed by atoms with van der Waals surface area (Å²) in [5, 5.41) is 2.86. The molecule has 0 unspecified atom stereocenters. The predicted octanol–water partition coefficient (Wildman–Crippen LogP) is 3.62. The second-order valence-corrected chi connectivity index (χ2v) is 6.54. The van der Waals surface area contributed by atoms with Gasteiger partial charge in [-0.25, -0.2) is 0 Å². The normalized spacial score (nSPS) is 11.0. The van der Waals surface area contributed by atoms with Gasteiger partial charge in [0.25, 0.3) is 0 Å². The van der Waals surface area contributed by atoms with Crippen molar-refractivity contribution in [1.29, 1.82) is 0 Å². The van der Waals surface area contributed by atoms with Gasteiger partial charge in [-0.3, -0.25) is 9.59 Å². The van der Waals surface area contributed by atoms with Crippen molar-refractivity contribution in [2.24, 2.45) is 5.41 Å². The number of rotatable bonds is 5. The van der Waals surface area contributed by atoms with Crippen molar-refractivity contribution in [1.82, 2.24) is 4.90 Å². The van der Waals surface area contributed by atoms with Crippen molar-refractivity contribution in [2.45, 2.75) is 27.3 Å². The molecular formula is C20H24N2O2. The van der Waals surface area contributed by atoms with E-state index in [-0.39, 0.29) is 11.8 Å². The third kappa shape index (κ3) is 4.02. The van der Waals surface area contributed by atoms with Crippen LogP contribution in [-0.4, -0.2) is 23.8 Å². The second kappa shape index (κ2) is 7.30. The van der Waals surface area contributed by atoms with Crippen LogP contribution in [0.5, 0.6) is 0 Å². The first-order valence-electron chi connectivity index (χ1n) is 7.99. The van der Waals surface area contributed by atoms with Crippen molar-refractivity contribution in [3.05, 3.63) is 65.7 Å². The minimum atomic E-state index is -1.15. The summed E-state index contributed by atoms with van der Waals surface area (Å²) in [6, 6.07) is 17.3. The molecule has 2 rings (SSSR count). The van der Waals surface area contributed by atoms with E-state index in [4.69, 9.17) is 0 Å². The maximum atomic E-state index is 12.8. The molecule has 0 saturated carbocycles. The fourth-order valence-corrected chi connectivity index (χ4v) is 2.50. The summed E-state index contributed by atoms with van der Waals surface area (Å²) in [6.07, 6.45) is 0. The quantitative estimate of drug-likeness (QED) is 0.854. The van der Waals surface area contributed by atoms with E-state index in [1.165, 1.54) is 0 Å². The molecule has 0 radical (unpaired) electrons. The Bertz CT molecular complexity index is 723. The highest BCUT2D eigenvalue weighted by molar-refractivity contribution is 6.10. The van der Waals surface area contributed by atoms with Gasteiger partial charge in [-0.05, 0) is 38.0 Å². The van der Waals surface area contributed by atoms with E-state index in [1.807, 2.05) is 61.5 Å². The Morgan fingerprint density at radius 1 is 1.00 bits per heavy atom. The van der Waals surface area contributed by atoms with Crippen LogP contribution in [0.15, 0.2) is 54.6 Å². The topological polar surface area (TPSA) is 49.4 Å². The Kier molecular flexibility index (Phi) is 5.39. The lowest BCUT2D eigenvalue weighted by Crippen LogP contribution is -2.45. The smallest absolute Gasteiger partial charge is 0.239 e. The molecular weight excluding hydrogens is 300 g/mol. The maximum Gasteiger partial charge on any atom is 0.239 e. The molecule has 0 aliphatic rings. The van der Waals surface area contributed by atoms with Crippen LogP contribution >= 0.6 is 0 Å². The van der Waals surface area contributed by atoms with Crippen LogP contribution in [0, 0.1) is 12.3 Å². The van der Waals surface area contributed by atoms with E-state index in [9.17, 15) is 9.59 Å². The fraction of sp³-hybridized carbons (Fsp3) is 0.300. The van der Waals surface area contributed by atoms with Crippen LogP contribution in [0.1, 0.15) is 25.0 Å². The fourth-order valence-electron chi connectivity index (χ4n) is 2.50. The largest absolute Gasteiger partial charge is 0.341 e. The van der Waals surface area contributed by atoms with Gasteiger partial charge in [-0.15, -0.1) is 0 Å². The summed E-state index contributed by atoms with van der Waals surface area (Å²) in [5.74, 6) is -0.515. The lowest BCUT2D eigenvalue weighted by molar-refractivity contribution is -0.145. The number of benzene rings is 2. The van der Waals surface area contributed by atoms with Crippen LogP contribution in [0.2, 0.25) is 0 Å². The monoisotopic (exact) mass is 324 g/mol. The van der Waals surface area contributed by atoms with Gasteiger partial charge >= 0.3 is 0 Å². The second-order valence-electron chi connectivity index (χ2n) is 6.54. The lowest BCUT2D eigenvalue weighted by Gasteiger charge is -2.28. The standard InChI is InChI=1S/C20H24N2O2/c1-15-10-8-9-13-17(15)21-18(23)20(2,3)19(24)22(4)14-16-11-6-5-7-12-16/h5-13H,14H2,1-4H3,(H,21,23). The van der Waals surface area contributed by atoms with E-state index in [1.54, 1.807) is 25.8 Å².